The first-order chi connectivity index (χ1) is 28.1. The summed E-state index contributed by atoms with van der Waals surface area (Å²) in [6.45, 7) is 0. The average Bonchev–Trinajstić information content (AvgIpc) is 3.30. The third-order valence-corrected chi connectivity index (χ3v) is 9.60. The Morgan fingerprint density at radius 1 is 0.316 bits per heavy atom. The molecule has 0 N–H and O–H groups in total. The van der Waals surface area contributed by atoms with Crippen molar-refractivity contribution >= 4 is 17.1 Å². The SMILES string of the molecule is O=[N+]([O-])c1ccc(N=NC(c2ccccc2)(c2ccccc2)c2ccccc2)cc1.c1ccc(N=NC(c2ccccc2)(c2ccccc2)c2ccccc2)cc1. The van der Waals surface area contributed by atoms with Gasteiger partial charge in [0.25, 0.3) is 5.69 Å². The third-order valence-electron chi connectivity index (χ3n) is 9.60. The van der Waals surface area contributed by atoms with E-state index in [-0.39, 0.29) is 5.69 Å². The minimum absolute atomic E-state index is 0.0226. The molecule has 0 aliphatic carbocycles. The van der Waals surface area contributed by atoms with Crippen LogP contribution in [-0.4, -0.2) is 4.92 Å². The highest BCUT2D eigenvalue weighted by molar-refractivity contribution is 5.52. The Labute approximate surface area is 332 Å². The van der Waals surface area contributed by atoms with Crippen LogP contribution in [0.1, 0.15) is 33.4 Å². The predicted octanol–water partition coefficient (Wildman–Crippen LogP) is 13.4. The van der Waals surface area contributed by atoms with Crippen molar-refractivity contribution in [2.24, 2.45) is 20.5 Å². The Morgan fingerprint density at radius 2 is 0.544 bits per heavy atom. The first-order valence-electron chi connectivity index (χ1n) is 18.6. The number of azo groups is 2. The molecule has 0 saturated carbocycles. The van der Waals surface area contributed by atoms with Crippen molar-refractivity contribution in [3.63, 3.8) is 0 Å². The van der Waals surface area contributed by atoms with Crippen LogP contribution in [0.5, 0.6) is 0 Å². The summed E-state index contributed by atoms with van der Waals surface area (Å²) < 4.78 is 0. The Balaban J connectivity index is 0.000000175. The van der Waals surface area contributed by atoms with Crippen molar-refractivity contribution in [1.29, 1.82) is 0 Å². The molecule has 7 heteroatoms. The van der Waals surface area contributed by atoms with Crippen molar-refractivity contribution in [1.82, 2.24) is 0 Å². The van der Waals surface area contributed by atoms with Gasteiger partial charge in [0.15, 0.2) is 11.1 Å². The van der Waals surface area contributed by atoms with Crippen LogP contribution in [0.25, 0.3) is 0 Å². The fourth-order valence-corrected chi connectivity index (χ4v) is 6.82. The molecule has 0 amide bonds. The zero-order valence-electron chi connectivity index (χ0n) is 31.1. The molecule has 57 heavy (non-hydrogen) atoms. The van der Waals surface area contributed by atoms with E-state index in [0.717, 1.165) is 39.1 Å². The molecule has 0 aromatic heterocycles. The quantitative estimate of drug-likeness (QED) is 0.0571. The van der Waals surface area contributed by atoms with Gasteiger partial charge in [-0.25, -0.2) is 0 Å². The molecule has 0 bridgehead atoms. The number of hydrogen-bond acceptors (Lipinski definition) is 6. The summed E-state index contributed by atoms with van der Waals surface area (Å²) in [7, 11) is 0. The van der Waals surface area contributed by atoms with Gasteiger partial charge in [-0.1, -0.05) is 200 Å². The van der Waals surface area contributed by atoms with E-state index >= 15 is 0 Å². The predicted molar refractivity (Wildman–Crippen MR) is 227 cm³/mol. The second-order valence-corrected chi connectivity index (χ2v) is 13.1. The van der Waals surface area contributed by atoms with Crippen molar-refractivity contribution in [2.75, 3.05) is 0 Å². The first kappa shape index (κ1) is 37.7. The van der Waals surface area contributed by atoms with Gasteiger partial charge >= 0.3 is 0 Å². The summed E-state index contributed by atoms with van der Waals surface area (Å²) in [4.78, 5) is 10.5. The molecule has 0 radical (unpaired) electrons. The maximum atomic E-state index is 10.9. The van der Waals surface area contributed by atoms with Crippen molar-refractivity contribution in [3.8, 4) is 0 Å². The number of hydrogen-bond donors (Lipinski definition) is 0. The maximum Gasteiger partial charge on any atom is 0.269 e. The molecule has 0 unspecified atom stereocenters. The first-order valence-corrected chi connectivity index (χ1v) is 18.6. The van der Waals surface area contributed by atoms with Crippen LogP contribution < -0.4 is 0 Å². The highest BCUT2D eigenvalue weighted by Crippen LogP contribution is 2.43. The van der Waals surface area contributed by atoms with Gasteiger partial charge in [0.05, 0.1) is 16.3 Å². The Morgan fingerprint density at radius 3 is 0.789 bits per heavy atom. The van der Waals surface area contributed by atoms with Gasteiger partial charge in [-0.2, -0.15) is 20.5 Å². The van der Waals surface area contributed by atoms with Gasteiger partial charge in [0, 0.05) is 12.1 Å². The highest BCUT2D eigenvalue weighted by Gasteiger charge is 2.38. The summed E-state index contributed by atoms with van der Waals surface area (Å²) in [5.41, 5.74) is 6.04. The molecular formula is C50H39N5O2. The lowest BCUT2D eigenvalue weighted by Gasteiger charge is -2.30. The molecular weight excluding hydrogens is 703 g/mol. The van der Waals surface area contributed by atoms with Crippen molar-refractivity contribution < 1.29 is 4.92 Å². The number of nitrogens with zero attached hydrogens (tertiary/aromatic N) is 5. The van der Waals surface area contributed by atoms with Crippen molar-refractivity contribution in [3.05, 3.63) is 280 Å². The van der Waals surface area contributed by atoms with Crippen LogP contribution >= 0.6 is 0 Å². The van der Waals surface area contributed by atoms with Crippen LogP contribution in [-0.2, 0) is 11.1 Å². The lowest BCUT2D eigenvalue weighted by molar-refractivity contribution is -0.384. The number of nitro groups is 1. The minimum Gasteiger partial charge on any atom is -0.258 e. The molecule has 8 aromatic rings. The molecule has 8 rings (SSSR count). The van der Waals surface area contributed by atoms with E-state index in [1.807, 2.05) is 176 Å². The Hall–Kier alpha value is -7.64. The van der Waals surface area contributed by atoms with Gasteiger partial charge in [-0.05, 0) is 57.6 Å². The third kappa shape index (κ3) is 8.53. The normalized spacial score (nSPS) is 11.5. The summed E-state index contributed by atoms with van der Waals surface area (Å²) in [6.07, 6.45) is 0. The van der Waals surface area contributed by atoms with Gasteiger partial charge in [0.2, 0.25) is 0 Å². The molecule has 0 aliphatic heterocycles. The summed E-state index contributed by atoms with van der Waals surface area (Å²) in [5.74, 6) is 0. The van der Waals surface area contributed by atoms with E-state index in [4.69, 9.17) is 10.2 Å². The molecule has 0 fully saturated rings. The van der Waals surface area contributed by atoms with Gasteiger partial charge in [-0.15, -0.1) is 0 Å². The van der Waals surface area contributed by atoms with E-state index in [1.165, 1.54) is 12.1 Å². The largest absolute Gasteiger partial charge is 0.269 e. The van der Waals surface area contributed by atoms with E-state index in [2.05, 4.69) is 46.6 Å². The zero-order valence-corrected chi connectivity index (χ0v) is 31.1. The molecule has 7 nitrogen and oxygen atoms in total. The molecule has 8 aromatic carbocycles. The van der Waals surface area contributed by atoms with Crippen LogP contribution in [0.3, 0.4) is 0 Å². The van der Waals surface area contributed by atoms with Gasteiger partial charge in [0.1, 0.15) is 0 Å². The Bertz CT molecular complexity index is 2310. The average molecular weight is 742 g/mol. The second kappa shape index (κ2) is 18.1. The molecule has 0 spiro atoms. The van der Waals surface area contributed by atoms with Crippen LogP contribution in [0, 0.1) is 10.1 Å². The standard InChI is InChI=1S/C25H19N3O2.C25H20N2/c29-28(30)24-18-16-23(17-19-24)26-27-25(20-10-4-1-5-11-20,21-12-6-2-7-13-21)22-14-8-3-9-15-22;1-5-13-21(14-6-1)25(22-15-7-2-8-16-22,23-17-9-3-10-18-23)27-26-24-19-11-4-12-20-24/h1-19H;1-20H. The minimum atomic E-state index is -0.856. The smallest absolute Gasteiger partial charge is 0.258 e. The van der Waals surface area contributed by atoms with E-state index in [1.54, 1.807) is 12.1 Å². The highest BCUT2D eigenvalue weighted by atomic mass is 16.6. The van der Waals surface area contributed by atoms with Gasteiger partial charge < -0.3 is 0 Å². The fourth-order valence-electron chi connectivity index (χ4n) is 6.82. The summed E-state index contributed by atoms with van der Waals surface area (Å²) in [5, 5.41) is 29.9. The number of nitro benzene ring substituents is 1. The second-order valence-electron chi connectivity index (χ2n) is 13.1. The fraction of sp³-hybridized carbons (Fsp3) is 0.0400. The molecule has 0 aliphatic rings. The lowest BCUT2D eigenvalue weighted by Crippen LogP contribution is -2.26. The van der Waals surface area contributed by atoms with Crippen molar-refractivity contribution in [2.45, 2.75) is 11.1 Å². The van der Waals surface area contributed by atoms with Gasteiger partial charge in [-0.3, -0.25) is 10.1 Å². The topological polar surface area (TPSA) is 92.6 Å². The molecule has 0 saturated heterocycles. The molecule has 0 heterocycles. The summed E-state index contributed by atoms with van der Waals surface area (Å²) in [6, 6.07) is 77.0. The maximum absolute atomic E-state index is 10.9. The zero-order chi connectivity index (χ0) is 39.2. The van der Waals surface area contributed by atoms with E-state index < -0.39 is 16.0 Å². The monoisotopic (exact) mass is 741 g/mol. The Kier molecular flexibility index (Phi) is 12.0. The molecule has 0 atom stereocenters. The van der Waals surface area contributed by atoms with Crippen LogP contribution in [0.4, 0.5) is 17.1 Å². The van der Waals surface area contributed by atoms with Crippen LogP contribution in [0.2, 0.25) is 0 Å². The number of non-ortho nitro benzene ring substituents is 1. The molecule has 276 valence electrons. The summed E-state index contributed by atoms with van der Waals surface area (Å²) >= 11 is 0. The lowest BCUT2D eigenvalue weighted by atomic mass is 9.78. The van der Waals surface area contributed by atoms with E-state index in [9.17, 15) is 10.1 Å². The van der Waals surface area contributed by atoms with Crippen LogP contribution in [0.15, 0.2) is 257 Å². The number of benzene rings is 8. The number of rotatable bonds is 11. The van der Waals surface area contributed by atoms with E-state index in [0.29, 0.717) is 5.69 Å².